The Labute approximate surface area is 68.3 Å². The van der Waals surface area contributed by atoms with E-state index < -0.39 is 24.6 Å². The summed E-state index contributed by atoms with van der Waals surface area (Å²) in [7, 11) is 0. The van der Waals surface area contributed by atoms with Crippen LogP contribution in [0.25, 0.3) is 0 Å². The summed E-state index contributed by atoms with van der Waals surface area (Å²) < 4.78 is 8.99. The van der Waals surface area contributed by atoms with E-state index in [2.05, 4.69) is 4.74 Å². The van der Waals surface area contributed by atoms with Gasteiger partial charge in [0.2, 0.25) is 6.29 Å². The van der Waals surface area contributed by atoms with Crippen molar-refractivity contribution in [3.05, 3.63) is 0 Å². The van der Waals surface area contributed by atoms with Gasteiger partial charge in [-0.05, 0) is 0 Å². The molecule has 0 saturated carbocycles. The summed E-state index contributed by atoms with van der Waals surface area (Å²) in [6.07, 6.45) is -5.09. The number of carbonyl (C=O) groups excluding carboxylic acids is 1. The zero-order valence-corrected chi connectivity index (χ0v) is 6.16. The van der Waals surface area contributed by atoms with Crippen LogP contribution in [0.5, 0.6) is 0 Å². The normalized spacial score (nSPS) is 42.2. The predicted octanol–water partition coefficient (Wildman–Crippen LogP) is -2.40. The molecule has 1 saturated heterocycles. The number of aliphatic hydroxyl groups is 3. The fourth-order valence-corrected chi connectivity index (χ4v) is 0.954. The maximum atomic E-state index is 9.85. The van der Waals surface area contributed by atoms with Gasteiger partial charge in [-0.2, -0.15) is 0 Å². The Hall–Kier alpha value is -0.690. The highest BCUT2D eigenvalue weighted by Gasteiger charge is 2.38. The highest BCUT2D eigenvalue weighted by atomic mass is 16.7. The maximum absolute atomic E-state index is 9.85. The zero-order chi connectivity index (χ0) is 9.14. The number of rotatable bonds is 2. The summed E-state index contributed by atoms with van der Waals surface area (Å²) in [6.45, 7) is -0.0605. The van der Waals surface area contributed by atoms with Crippen LogP contribution < -0.4 is 0 Å². The molecule has 6 nitrogen and oxygen atoms in total. The van der Waals surface area contributed by atoms with Crippen LogP contribution in [0.15, 0.2) is 0 Å². The summed E-state index contributed by atoms with van der Waals surface area (Å²) in [5, 5.41) is 27.1. The third-order valence-corrected chi connectivity index (χ3v) is 1.64. The smallest absolute Gasteiger partial charge is 0.295 e. The lowest BCUT2D eigenvalue weighted by Gasteiger charge is -2.33. The van der Waals surface area contributed by atoms with Crippen molar-refractivity contribution in [2.75, 3.05) is 6.61 Å². The Kier molecular flexibility index (Phi) is 2.99. The Bertz CT molecular complexity index is 160. The molecule has 1 rings (SSSR count). The predicted molar refractivity (Wildman–Crippen MR) is 34.9 cm³/mol. The molecule has 0 aromatic heterocycles. The van der Waals surface area contributed by atoms with Gasteiger partial charge in [-0.15, -0.1) is 0 Å². The van der Waals surface area contributed by atoms with E-state index in [0.29, 0.717) is 0 Å². The molecule has 0 bridgehead atoms. The molecule has 1 heterocycles. The van der Waals surface area contributed by atoms with Gasteiger partial charge in [-0.25, -0.2) is 0 Å². The monoisotopic (exact) mass is 178 g/mol. The highest BCUT2D eigenvalue weighted by Crippen LogP contribution is 2.15. The van der Waals surface area contributed by atoms with Crippen LogP contribution in [-0.2, 0) is 14.3 Å². The minimum absolute atomic E-state index is 0.109. The molecule has 1 aliphatic rings. The maximum Gasteiger partial charge on any atom is 0.295 e. The van der Waals surface area contributed by atoms with Crippen LogP contribution in [-0.4, -0.2) is 53.0 Å². The van der Waals surface area contributed by atoms with E-state index >= 15 is 0 Å². The topological polar surface area (TPSA) is 96.2 Å². The number of hydrogen-bond donors (Lipinski definition) is 3. The molecule has 4 atom stereocenters. The lowest BCUT2D eigenvalue weighted by atomic mass is 10.1. The van der Waals surface area contributed by atoms with Crippen LogP contribution in [0.1, 0.15) is 0 Å². The van der Waals surface area contributed by atoms with Gasteiger partial charge in [-0.1, -0.05) is 0 Å². The molecule has 70 valence electrons. The third kappa shape index (κ3) is 1.72. The first kappa shape index (κ1) is 9.40. The minimum atomic E-state index is -1.40. The lowest BCUT2D eigenvalue weighted by Crippen LogP contribution is -2.53. The third-order valence-electron chi connectivity index (χ3n) is 1.64. The average molecular weight is 178 g/mol. The number of aliphatic hydroxyl groups excluding tert-OH is 3. The summed E-state index contributed by atoms with van der Waals surface area (Å²) in [5.74, 6) is 0. The standard InChI is InChI=1S/C6H10O6/c7-2-12-6-5(10)4(9)3(8)1-11-6/h2-6,8-10H,1H2/t3?,4?,5-,6?/m0/s1. The molecule has 3 unspecified atom stereocenters. The summed E-state index contributed by atoms with van der Waals surface area (Å²) in [5.41, 5.74) is 0. The van der Waals surface area contributed by atoms with Crippen LogP contribution in [0.3, 0.4) is 0 Å². The zero-order valence-electron chi connectivity index (χ0n) is 6.16. The van der Waals surface area contributed by atoms with E-state index in [0.717, 1.165) is 0 Å². The number of ether oxygens (including phenoxy) is 2. The van der Waals surface area contributed by atoms with E-state index in [1.807, 2.05) is 0 Å². The van der Waals surface area contributed by atoms with Gasteiger partial charge in [0.25, 0.3) is 6.47 Å². The van der Waals surface area contributed by atoms with Gasteiger partial charge in [0, 0.05) is 0 Å². The molecule has 0 aliphatic carbocycles. The SMILES string of the molecule is O=COC1OCC(O)C(O)[C@@H]1O. The minimum Gasteiger partial charge on any atom is -0.435 e. The van der Waals surface area contributed by atoms with Gasteiger partial charge in [0.15, 0.2) is 0 Å². The Balaban J connectivity index is 2.52. The van der Waals surface area contributed by atoms with Gasteiger partial charge >= 0.3 is 0 Å². The van der Waals surface area contributed by atoms with Gasteiger partial charge in [0.1, 0.15) is 18.3 Å². The molecular weight excluding hydrogens is 168 g/mol. The molecule has 6 heteroatoms. The average Bonchev–Trinajstić information content (AvgIpc) is 2.07. The molecule has 12 heavy (non-hydrogen) atoms. The van der Waals surface area contributed by atoms with Crippen molar-refractivity contribution in [1.29, 1.82) is 0 Å². The number of carbonyl (C=O) groups is 1. The van der Waals surface area contributed by atoms with Crippen molar-refractivity contribution in [2.45, 2.75) is 24.6 Å². The Morgan fingerprint density at radius 1 is 1.33 bits per heavy atom. The van der Waals surface area contributed by atoms with E-state index in [4.69, 9.17) is 20.1 Å². The number of hydrogen-bond acceptors (Lipinski definition) is 6. The summed E-state index contributed by atoms with van der Waals surface area (Å²) in [6, 6.07) is 0. The Morgan fingerprint density at radius 3 is 2.58 bits per heavy atom. The van der Waals surface area contributed by atoms with E-state index in [-0.39, 0.29) is 13.1 Å². The molecule has 0 spiro atoms. The van der Waals surface area contributed by atoms with Crippen molar-refractivity contribution in [1.82, 2.24) is 0 Å². The molecule has 0 amide bonds. The van der Waals surface area contributed by atoms with E-state index in [9.17, 15) is 4.79 Å². The van der Waals surface area contributed by atoms with E-state index in [1.54, 1.807) is 0 Å². The second-order valence-electron chi connectivity index (χ2n) is 2.48. The molecule has 3 N–H and O–H groups in total. The van der Waals surface area contributed by atoms with Crippen molar-refractivity contribution in [2.24, 2.45) is 0 Å². The van der Waals surface area contributed by atoms with E-state index in [1.165, 1.54) is 0 Å². The second-order valence-corrected chi connectivity index (χ2v) is 2.48. The molecule has 0 aromatic carbocycles. The van der Waals surface area contributed by atoms with Crippen LogP contribution in [0, 0.1) is 0 Å². The summed E-state index contributed by atoms with van der Waals surface area (Å²) in [4.78, 5) is 9.85. The highest BCUT2D eigenvalue weighted by molar-refractivity contribution is 5.37. The van der Waals surface area contributed by atoms with Crippen molar-refractivity contribution < 1.29 is 29.6 Å². The fourth-order valence-electron chi connectivity index (χ4n) is 0.954. The first-order chi connectivity index (χ1) is 5.66. The second kappa shape index (κ2) is 3.81. The van der Waals surface area contributed by atoms with Gasteiger partial charge in [-0.3, -0.25) is 4.79 Å². The first-order valence-electron chi connectivity index (χ1n) is 3.41. The van der Waals surface area contributed by atoms with Gasteiger partial charge < -0.3 is 24.8 Å². The van der Waals surface area contributed by atoms with Gasteiger partial charge in [0.05, 0.1) is 6.61 Å². The fraction of sp³-hybridized carbons (Fsp3) is 0.833. The molecular formula is C6H10O6. The molecule has 0 aromatic rings. The summed E-state index contributed by atoms with van der Waals surface area (Å²) >= 11 is 0. The first-order valence-corrected chi connectivity index (χ1v) is 3.41. The largest absolute Gasteiger partial charge is 0.435 e. The molecule has 0 radical (unpaired) electrons. The van der Waals surface area contributed by atoms with Crippen molar-refractivity contribution in [3.8, 4) is 0 Å². The quantitative estimate of drug-likeness (QED) is 0.408. The van der Waals surface area contributed by atoms with Crippen molar-refractivity contribution in [3.63, 3.8) is 0 Å². The van der Waals surface area contributed by atoms with Crippen molar-refractivity contribution >= 4 is 6.47 Å². The molecule has 1 aliphatic heterocycles. The lowest BCUT2D eigenvalue weighted by molar-refractivity contribution is -0.257. The molecule has 1 fully saturated rings. The van der Waals surface area contributed by atoms with Crippen LogP contribution in [0.2, 0.25) is 0 Å². The van der Waals surface area contributed by atoms with Crippen LogP contribution in [0.4, 0.5) is 0 Å². The Morgan fingerprint density at radius 2 is 2.00 bits per heavy atom. The van der Waals surface area contributed by atoms with Crippen LogP contribution >= 0.6 is 0 Å².